The highest BCUT2D eigenvalue weighted by Crippen LogP contribution is 2.35. The smallest absolute Gasteiger partial charge is 0.332 e. The number of carbonyl (C=O) groups is 1. The number of amides is 2. The van der Waals surface area contributed by atoms with Crippen molar-refractivity contribution in [2.45, 2.75) is 17.7 Å². The van der Waals surface area contributed by atoms with Gasteiger partial charge >= 0.3 is 6.03 Å². The number of hydrogen-bond donors (Lipinski definition) is 1. The number of carbonyl (C=O) groups excluding carboxylic acids is 1. The van der Waals surface area contributed by atoms with E-state index in [1.807, 2.05) is 12.1 Å². The number of rotatable bonds is 6. The standard InChI is InChI=1S/C20H23N7OS/c21-15-16-4-5-17-18(14-16)29-27(20(28)24-17)9-2-1-8-25-10-12-26(13-11-25)19-22-6-3-7-23-19/h3-7,14H,1-2,8-13H2,(H,24,28). The van der Waals surface area contributed by atoms with E-state index in [-0.39, 0.29) is 6.03 Å². The summed E-state index contributed by atoms with van der Waals surface area (Å²) in [6, 6.07) is 9.22. The van der Waals surface area contributed by atoms with Gasteiger partial charge in [-0.15, -0.1) is 0 Å². The van der Waals surface area contributed by atoms with Crippen molar-refractivity contribution in [1.82, 2.24) is 19.2 Å². The van der Waals surface area contributed by atoms with Crippen LogP contribution in [0, 0.1) is 11.3 Å². The fourth-order valence-corrected chi connectivity index (χ4v) is 4.46. The number of piperazine rings is 1. The largest absolute Gasteiger partial charge is 0.338 e. The van der Waals surface area contributed by atoms with Crippen LogP contribution in [-0.2, 0) is 0 Å². The number of nitrogens with one attached hydrogen (secondary N) is 1. The van der Waals surface area contributed by atoms with E-state index in [0.29, 0.717) is 12.1 Å². The summed E-state index contributed by atoms with van der Waals surface area (Å²) in [6.45, 7) is 5.59. The van der Waals surface area contributed by atoms with Gasteiger partial charge in [-0.2, -0.15) is 5.26 Å². The Bertz CT molecular complexity index is 893. The molecule has 0 unspecified atom stereocenters. The highest BCUT2D eigenvalue weighted by atomic mass is 32.2. The Balaban J connectivity index is 1.19. The van der Waals surface area contributed by atoms with E-state index in [0.717, 1.165) is 62.1 Å². The van der Waals surface area contributed by atoms with Crippen molar-refractivity contribution in [3.63, 3.8) is 0 Å². The molecule has 29 heavy (non-hydrogen) atoms. The molecule has 2 aliphatic heterocycles. The average Bonchev–Trinajstić information content (AvgIpc) is 2.77. The summed E-state index contributed by atoms with van der Waals surface area (Å²) in [7, 11) is 0. The van der Waals surface area contributed by atoms with Gasteiger partial charge in [0.05, 0.1) is 22.2 Å². The van der Waals surface area contributed by atoms with Crippen LogP contribution in [0.25, 0.3) is 0 Å². The first-order valence-electron chi connectivity index (χ1n) is 9.78. The molecule has 1 saturated heterocycles. The van der Waals surface area contributed by atoms with E-state index in [4.69, 9.17) is 5.26 Å². The summed E-state index contributed by atoms with van der Waals surface area (Å²) >= 11 is 1.41. The van der Waals surface area contributed by atoms with Gasteiger partial charge in [-0.05, 0) is 55.6 Å². The van der Waals surface area contributed by atoms with Crippen LogP contribution in [0.4, 0.5) is 16.4 Å². The highest BCUT2D eigenvalue weighted by Gasteiger charge is 2.24. The molecule has 0 aliphatic carbocycles. The zero-order valence-corrected chi connectivity index (χ0v) is 16.9. The number of nitriles is 1. The molecule has 1 fully saturated rings. The molecule has 0 saturated carbocycles. The lowest BCUT2D eigenvalue weighted by atomic mass is 10.2. The first-order chi connectivity index (χ1) is 14.2. The Morgan fingerprint density at radius 2 is 1.86 bits per heavy atom. The van der Waals surface area contributed by atoms with Crippen LogP contribution in [0.2, 0.25) is 0 Å². The number of benzene rings is 1. The Morgan fingerprint density at radius 1 is 1.10 bits per heavy atom. The summed E-state index contributed by atoms with van der Waals surface area (Å²) in [5, 5.41) is 12.0. The van der Waals surface area contributed by atoms with E-state index in [1.54, 1.807) is 28.8 Å². The molecule has 9 heteroatoms. The molecule has 0 radical (unpaired) electrons. The predicted octanol–water partition coefficient (Wildman–Crippen LogP) is 2.81. The minimum absolute atomic E-state index is 0.0938. The van der Waals surface area contributed by atoms with Crippen molar-refractivity contribution in [2.24, 2.45) is 0 Å². The number of anilines is 2. The van der Waals surface area contributed by atoms with E-state index in [2.05, 4.69) is 31.2 Å². The highest BCUT2D eigenvalue weighted by molar-refractivity contribution is 7.97. The second-order valence-corrected chi connectivity index (χ2v) is 8.09. The monoisotopic (exact) mass is 409 g/mol. The minimum Gasteiger partial charge on any atom is -0.338 e. The Hall–Kier alpha value is -2.83. The summed E-state index contributed by atoms with van der Waals surface area (Å²) in [6.07, 6.45) is 5.54. The van der Waals surface area contributed by atoms with Gasteiger partial charge in [0.1, 0.15) is 0 Å². The molecular weight excluding hydrogens is 386 g/mol. The second-order valence-electron chi connectivity index (χ2n) is 7.03. The van der Waals surface area contributed by atoms with E-state index in [1.165, 1.54) is 11.9 Å². The summed E-state index contributed by atoms with van der Waals surface area (Å²) < 4.78 is 1.74. The lowest BCUT2D eigenvalue weighted by Crippen LogP contribution is -2.47. The maximum atomic E-state index is 12.3. The third-order valence-corrected chi connectivity index (χ3v) is 6.18. The van der Waals surface area contributed by atoms with Gasteiger partial charge in [-0.1, -0.05) is 0 Å². The van der Waals surface area contributed by atoms with Gasteiger partial charge in [-0.25, -0.2) is 14.8 Å². The molecule has 0 atom stereocenters. The molecule has 0 spiro atoms. The van der Waals surface area contributed by atoms with Gasteiger partial charge in [0.2, 0.25) is 5.95 Å². The number of unbranched alkanes of at least 4 members (excludes halogenated alkanes) is 1. The van der Waals surface area contributed by atoms with Crippen molar-refractivity contribution in [3.8, 4) is 6.07 Å². The predicted molar refractivity (Wildman–Crippen MR) is 113 cm³/mol. The number of aromatic nitrogens is 2. The third-order valence-electron chi connectivity index (χ3n) is 5.08. The molecule has 2 aromatic rings. The lowest BCUT2D eigenvalue weighted by Gasteiger charge is -2.34. The van der Waals surface area contributed by atoms with Crippen LogP contribution >= 0.6 is 11.9 Å². The lowest BCUT2D eigenvalue weighted by molar-refractivity contribution is 0.233. The van der Waals surface area contributed by atoms with Gasteiger partial charge in [-0.3, -0.25) is 9.21 Å². The van der Waals surface area contributed by atoms with Crippen molar-refractivity contribution < 1.29 is 4.79 Å². The van der Waals surface area contributed by atoms with Crippen molar-refractivity contribution >= 4 is 29.6 Å². The molecule has 8 nitrogen and oxygen atoms in total. The van der Waals surface area contributed by atoms with Crippen LogP contribution in [0.1, 0.15) is 18.4 Å². The molecular formula is C20H23N7OS. The molecule has 0 bridgehead atoms. The number of urea groups is 1. The second kappa shape index (κ2) is 9.11. The topological polar surface area (TPSA) is 88.4 Å². The van der Waals surface area contributed by atoms with Gasteiger partial charge < -0.3 is 10.2 Å². The van der Waals surface area contributed by atoms with E-state index in [9.17, 15) is 4.79 Å². The molecule has 3 heterocycles. The summed E-state index contributed by atoms with van der Waals surface area (Å²) in [5.41, 5.74) is 1.38. The normalized spacial score (nSPS) is 16.9. The SMILES string of the molecule is N#Cc1ccc2c(c1)SN(CCCCN1CCN(c3ncccn3)CC1)C(=O)N2. The van der Waals surface area contributed by atoms with Crippen LogP contribution in [0.5, 0.6) is 0 Å². The first-order valence-corrected chi connectivity index (χ1v) is 10.6. The van der Waals surface area contributed by atoms with Crippen LogP contribution in [0.15, 0.2) is 41.6 Å². The molecule has 2 aliphatic rings. The zero-order chi connectivity index (χ0) is 20.1. The van der Waals surface area contributed by atoms with Gasteiger partial charge in [0, 0.05) is 45.1 Å². The van der Waals surface area contributed by atoms with Gasteiger partial charge in [0.25, 0.3) is 0 Å². The molecule has 4 rings (SSSR count). The Kier molecular flexibility index (Phi) is 6.12. The third kappa shape index (κ3) is 4.78. The molecule has 1 N–H and O–H groups in total. The first kappa shape index (κ1) is 19.5. The summed E-state index contributed by atoms with van der Waals surface area (Å²) in [4.78, 5) is 26.5. The van der Waals surface area contributed by atoms with Crippen molar-refractivity contribution in [1.29, 1.82) is 5.26 Å². The molecule has 1 aromatic heterocycles. The van der Waals surface area contributed by atoms with E-state index < -0.39 is 0 Å². The minimum atomic E-state index is -0.0938. The molecule has 1 aromatic carbocycles. The quantitative estimate of drug-likeness (QED) is 0.580. The Morgan fingerprint density at radius 3 is 2.62 bits per heavy atom. The maximum absolute atomic E-state index is 12.3. The Labute approximate surface area is 174 Å². The van der Waals surface area contributed by atoms with E-state index >= 15 is 0 Å². The van der Waals surface area contributed by atoms with Gasteiger partial charge in [0.15, 0.2) is 0 Å². The number of hydrogen-bond acceptors (Lipinski definition) is 7. The van der Waals surface area contributed by atoms with Crippen LogP contribution < -0.4 is 10.2 Å². The molecule has 2 amide bonds. The van der Waals surface area contributed by atoms with Crippen molar-refractivity contribution in [2.75, 3.05) is 49.5 Å². The average molecular weight is 410 g/mol. The fourth-order valence-electron chi connectivity index (χ4n) is 3.47. The number of nitrogens with zero attached hydrogens (tertiary/aromatic N) is 6. The fraction of sp³-hybridized carbons (Fsp3) is 0.400. The molecule has 150 valence electrons. The van der Waals surface area contributed by atoms with Crippen molar-refractivity contribution in [3.05, 3.63) is 42.2 Å². The van der Waals surface area contributed by atoms with Crippen LogP contribution in [0.3, 0.4) is 0 Å². The maximum Gasteiger partial charge on any atom is 0.332 e. The number of fused-ring (bicyclic) bond motifs is 1. The zero-order valence-electron chi connectivity index (χ0n) is 16.1. The van der Waals surface area contributed by atoms with Crippen LogP contribution in [-0.4, -0.2) is 64.5 Å². The summed E-state index contributed by atoms with van der Waals surface area (Å²) in [5.74, 6) is 0.806.